The molecule has 2 aromatic rings. The topological polar surface area (TPSA) is 53.5 Å². The van der Waals surface area contributed by atoms with Crippen molar-refractivity contribution in [2.24, 2.45) is 5.92 Å². The molecule has 2 fully saturated rings. The van der Waals surface area contributed by atoms with E-state index in [0.29, 0.717) is 24.0 Å². The average molecular weight is 412 g/mol. The Bertz CT molecular complexity index is 870. The van der Waals surface area contributed by atoms with Gasteiger partial charge < -0.3 is 4.90 Å². The molecule has 0 atom stereocenters. The van der Waals surface area contributed by atoms with Crippen LogP contribution in [0.15, 0.2) is 30.3 Å². The smallest absolute Gasteiger partial charge is 0.265 e. The summed E-state index contributed by atoms with van der Waals surface area (Å²) in [7, 11) is 0. The lowest BCUT2D eigenvalue weighted by Crippen LogP contribution is -2.39. The molecule has 0 radical (unpaired) electrons. The van der Waals surface area contributed by atoms with Crippen LogP contribution >= 0.6 is 11.3 Å². The van der Waals surface area contributed by atoms with Gasteiger partial charge in [0.2, 0.25) is 5.91 Å². The minimum absolute atomic E-state index is 0.0854. The second-order valence-electron chi connectivity index (χ2n) is 8.44. The van der Waals surface area contributed by atoms with E-state index in [0.717, 1.165) is 49.3 Å². The molecule has 154 valence electrons. The minimum atomic E-state index is 0.0854. The van der Waals surface area contributed by atoms with Crippen molar-refractivity contribution in [1.29, 1.82) is 0 Å². The van der Waals surface area contributed by atoms with Crippen LogP contribution in [-0.2, 0) is 11.2 Å². The molecule has 2 aliphatic heterocycles. The summed E-state index contributed by atoms with van der Waals surface area (Å²) in [5.74, 6) is 0.995. The predicted molar refractivity (Wildman–Crippen MR) is 117 cm³/mol. The highest BCUT2D eigenvalue weighted by Gasteiger charge is 2.31. The maximum atomic E-state index is 13.3. The normalized spacial score (nSPS) is 18.1. The van der Waals surface area contributed by atoms with E-state index in [-0.39, 0.29) is 17.7 Å². The van der Waals surface area contributed by atoms with Gasteiger partial charge in [0, 0.05) is 26.1 Å². The third-order valence-electron chi connectivity index (χ3n) is 5.96. The highest BCUT2D eigenvalue weighted by Crippen LogP contribution is 2.34. The first kappa shape index (κ1) is 20.1. The van der Waals surface area contributed by atoms with Crippen LogP contribution in [0.25, 0.3) is 0 Å². The zero-order chi connectivity index (χ0) is 20.4. The number of hydrogen-bond donors (Lipinski definition) is 0. The average Bonchev–Trinajstić information content (AvgIpc) is 3.35. The van der Waals surface area contributed by atoms with Gasteiger partial charge in [-0.05, 0) is 43.1 Å². The van der Waals surface area contributed by atoms with Crippen molar-refractivity contribution in [3.63, 3.8) is 0 Å². The number of thiazole rings is 1. The van der Waals surface area contributed by atoms with Gasteiger partial charge in [0.1, 0.15) is 4.88 Å². The van der Waals surface area contributed by atoms with E-state index in [2.05, 4.69) is 44.2 Å². The highest BCUT2D eigenvalue weighted by molar-refractivity contribution is 7.17. The summed E-state index contributed by atoms with van der Waals surface area (Å²) < 4.78 is 0. The van der Waals surface area contributed by atoms with E-state index in [1.165, 1.54) is 16.9 Å². The Balaban J connectivity index is 1.44. The lowest BCUT2D eigenvalue weighted by atomic mass is 9.90. The van der Waals surface area contributed by atoms with E-state index in [9.17, 15) is 9.59 Å². The van der Waals surface area contributed by atoms with Crippen molar-refractivity contribution < 1.29 is 9.59 Å². The summed E-state index contributed by atoms with van der Waals surface area (Å²) in [5, 5.41) is 0.693. The molecule has 0 N–H and O–H groups in total. The number of piperidine rings is 1. The molecule has 0 spiro atoms. The molecule has 4 rings (SSSR count). The van der Waals surface area contributed by atoms with Crippen LogP contribution in [-0.4, -0.2) is 41.3 Å². The number of benzene rings is 1. The number of amides is 2. The third kappa shape index (κ3) is 4.37. The van der Waals surface area contributed by atoms with Crippen molar-refractivity contribution >= 4 is 28.3 Å². The second-order valence-corrected chi connectivity index (χ2v) is 9.42. The summed E-state index contributed by atoms with van der Waals surface area (Å²) in [6.07, 6.45) is 4.60. The highest BCUT2D eigenvalue weighted by atomic mass is 32.1. The molecule has 0 bridgehead atoms. The first-order valence-electron chi connectivity index (χ1n) is 10.7. The van der Waals surface area contributed by atoms with Crippen molar-refractivity contribution in [3.8, 4) is 0 Å². The standard InChI is InChI=1S/C23H29N3O2S/c1-16(2)20-21(29-23(24-20)26-12-6-9-19(26)27)22(28)25-13-10-18(11-14-25)15-17-7-4-3-5-8-17/h3-5,7-8,16,18H,6,9-15H2,1-2H3. The van der Waals surface area contributed by atoms with Gasteiger partial charge in [0.25, 0.3) is 5.91 Å². The molecule has 3 heterocycles. The van der Waals surface area contributed by atoms with E-state index in [1.807, 2.05) is 4.90 Å². The fourth-order valence-corrected chi connectivity index (χ4v) is 5.49. The van der Waals surface area contributed by atoms with Crippen LogP contribution in [0.4, 0.5) is 5.13 Å². The third-order valence-corrected chi connectivity index (χ3v) is 7.04. The Kier molecular flexibility index (Phi) is 5.99. The van der Waals surface area contributed by atoms with Gasteiger partial charge in [0.15, 0.2) is 5.13 Å². The number of carbonyl (C=O) groups excluding carboxylic acids is 2. The molecule has 0 aliphatic carbocycles. The van der Waals surface area contributed by atoms with Crippen LogP contribution in [0.5, 0.6) is 0 Å². The number of hydrogen-bond acceptors (Lipinski definition) is 4. The number of anilines is 1. The number of rotatable bonds is 5. The summed E-state index contributed by atoms with van der Waals surface area (Å²) in [6, 6.07) is 10.6. The van der Waals surface area contributed by atoms with Crippen molar-refractivity contribution in [2.75, 3.05) is 24.5 Å². The molecule has 1 aromatic carbocycles. The Morgan fingerprint density at radius 3 is 2.52 bits per heavy atom. The minimum Gasteiger partial charge on any atom is -0.338 e. The van der Waals surface area contributed by atoms with Crippen LogP contribution < -0.4 is 4.90 Å². The summed E-state index contributed by atoms with van der Waals surface area (Å²) in [5.41, 5.74) is 2.21. The first-order chi connectivity index (χ1) is 14.0. The maximum absolute atomic E-state index is 13.3. The van der Waals surface area contributed by atoms with Gasteiger partial charge in [-0.1, -0.05) is 55.5 Å². The lowest BCUT2D eigenvalue weighted by Gasteiger charge is -2.32. The largest absolute Gasteiger partial charge is 0.338 e. The predicted octanol–water partition coefficient (Wildman–Crippen LogP) is 4.49. The molecular weight excluding hydrogens is 382 g/mol. The molecule has 29 heavy (non-hydrogen) atoms. The number of aromatic nitrogens is 1. The molecule has 0 unspecified atom stereocenters. The quantitative estimate of drug-likeness (QED) is 0.728. The van der Waals surface area contributed by atoms with Gasteiger partial charge in [-0.15, -0.1) is 0 Å². The van der Waals surface area contributed by atoms with Gasteiger partial charge in [-0.25, -0.2) is 4.98 Å². The molecule has 2 amide bonds. The van der Waals surface area contributed by atoms with Crippen molar-refractivity contribution in [3.05, 3.63) is 46.5 Å². The Labute approximate surface area is 176 Å². The second kappa shape index (κ2) is 8.66. The number of nitrogens with zero attached hydrogens (tertiary/aromatic N) is 3. The van der Waals surface area contributed by atoms with Crippen molar-refractivity contribution in [2.45, 2.75) is 51.9 Å². The van der Waals surface area contributed by atoms with Crippen LogP contribution in [0.1, 0.15) is 66.4 Å². The van der Waals surface area contributed by atoms with Gasteiger partial charge in [-0.2, -0.15) is 0 Å². The molecule has 0 saturated carbocycles. The summed E-state index contributed by atoms with van der Waals surface area (Å²) in [4.78, 5) is 34.6. The SMILES string of the molecule is CC(C)c1nc(N2CCCC2=O)sc1C(=O)N1CCC(Cc2ccccc2)CC1. The first-order valence-corrected chi connectivity index (χ1v) is 11.5. The van der Waals surface area contributed by atoms with E-state index >= 15 is 0 Å². The number of carbonyl (C=O) groups is 2. The van der Waals surface area contributed by atoms with Gasteiger partial charge >= 0.3 is 0 Å². The van der Waals surface area contributed by atoms with Gasteiger partial charge in [-0.3, -0.25) is 14.5 Å². The van der Waals surface area contributed by atoms with Crippen LogP contribution in [0, 0.1) is 5.92 Å². The van der Waals surface area contributed by atoms with Crippen LogP contribution in [0.3, 0.4) is 0 Å². The zero-order valence-corrected chi connectivity index (χ0v) is 18.1. The molecule has 2 saturated heterocycles. The zero-order valence-electron chi connectivity index (χ0n) is 17.3. The van der Waals surface area contributed by atoms with E-state index < -0.39 is 0 Å². The molecule has 6 heteroatoms. The summed E-state index contributed by atoms with van der Waals surface area (Å²) >= 11 is 1.40. The monoisotopic (exact) mass is 411 g/mol. The molecular formula is C23H29N3O2S. The van der Waals surface area contributed by atoms with E-state index in [1.54, 1.807) is 4.90 Å². The van der Waals surface area contributed by atoms with Gasteiger partial charge in [0.05, 0.1) is 5.69 Å². The van der Waals surface area contributed by atoms with Crippen LogP contribution in [0.2, 0.25) is 0 Å². The Morgan fingerprint density at radius 2 is 1.90 bits per heavy atom. The van der Waals surface area contributed by atoms with E-state index in [4.69, 9.17) is 4.98 Å². The number of likely N-dealkylation sites (tertiary alicyclic amines) is 1. The fourth-order valence-electron chi connectivity index (χ4n) is 4.26. The Hall–Kier alpha value is -2.21. The lowest BCUT2D eigenvalue weighted by molar-refractivity contribution is -0.117. The Morgan fingerprint density at radius 1 is 1.17 bits per heavy atom. The van der Waals surface area contributed by atoms with Crippen molar-refractivity contribution in [1.82, 2.24) is 9.88 Å². The summed E-state index contributed by atoms with van der Waals surface area (Å²) in [6.45, 7) is 6.43. The molecule has 1 aromatic heterocycles. The maximum Gasteiger partial charge on any atom is 0.265 e. The molecule has 2 aliphatic rings. The fraction of sp³-hybridized carbons (Fsp3) is 0.522. The molecule has 5 nitrogen and oxygen atoms in total.